The Morgan fingerprint density at radius 3 is 2.37 bits per heavy atom. The molecule has 0 fully saturated rings. The number of thioether (sulfide) groups is 1. The zero-order valence-electron chi connectivity index (χ0n) is 23.9. The molecule has 4 nitrogen and oxygen atoms in total. The summed E-state index contributed by atoms with van der Waals surface area (Å²) >= 11 is 1.67. The molecule has 1 unspecified atom stereocenters. The van der Waals surface area contributed by atoms with Gasteiger partial charge in [-0.1, -0.05) is 31.7 Å². The molecule has 0 saturated carbocycles. The molecule has 3 rings (SSSR count). The molecule has 0 spiro atoms. The van der Waals surface area contributed by atoms with E-state index >= 15 is 0 Å². The van der Waals surface area contributed by atoms with Crippen LogP contribution in [0.5, 0.6) is 0 Å². The maximum atomic E-state index is 12.8. The van der Waals surface area contributed by atoms with Crippen LogP contribution in [0.3, 0.4) is 0 Å². The summed E-state index contributed by atoms with van der Waals surface area (Å²) in [5.74, 6) is -1.03. The Labute approximate surface area is 243 Å². The monoisotopic (exact) mass is 588 g/mol. The van der Waals surface area contributed by atoms with Gasteiger partial charge in [-0.2, -0.15) is 18.3 Å². The number of alkyl halides is 3. The number of aromatic nitrogens is 2. The normalized spacial score (nSPS) is 12.9. The summed E-state index contributed by atoms with van der Waals surface area (Å²) in [6.45, 7) is 12.9. The average molecular weight is 589 g/mol. The number of hydrogen-bond donors (Lipinski definition) is 1. The number of nitrogens with zero attached hydrogens (tertiary/aromatic N) is 2. The molecule has 2 aromatic carbocycles. The van der Waals surface area contributed by atoms with E-state index in [1.807, 2.05) is 32.2 Å². The third-order valence-corrected chi connectivity index (χ3v) is 7.50. The maximum Gasteiger partial charge on any atom is 0.416 e. The van der Waals surface area contributed by atoms with Gasteiger partial charge < -0.3 is 5.11 Å². The van der Waals surface area contributed by atoms with Crippen LogP contribution in [-0.2, 0) is 23.8 Å². The zero-order valence-corrected chi connectivity index (χ0v) is 24.7. The maximum absolute atomic E-state index is 12.8. The summed E-state index contributed by atoms with van der Waals surface area (Å²) in [6.07, 6.45) is 3.32. The Bertz CT molecular complexity index is 1390. The van der Waals surface area contributed by atoms with Gasteiger partial charge in [0, 0.05) is 28.3 Å². The lowest BCUT2D eigenvalue weighted by Gasteiger charge is -2.13. The molecule has 0 saturated heterocycles. The highest BCUT2D eigenvalue weighted by Gasteiger charge is 2.30. The first kappa shape index (κ1) is 33.6. The van der Waals surface area contributed by atoms with Gasteiger partial charge in [0.1, 0.15) is 5.83 Å². The zero-order chi connectivity index (χ0) is 30.7. The first-order chi connectivity index (χ1) is 19.3. The second-order valence-corrected chi connectivity index (χ2v) is 10.8. The van der Waals surface area contributed by atoms with E-state index in [4.69, 9.17) is 5.11 Å². The van der Waals surface area contributed by atoms with Gasteiger partial charge in [-0.05, 0) is 99.7 Å². The van der Waals surface area contributed by atoms with Crippen molar-refractivity contribution in [3.8, 4) is 5.69 Å². The van der Waals surface area contributed by atoms with Crippen LogP contribution >= 0.6 is 11.8 Å². The largest absolute Gasteiger partial charge is 0.481 e. The van der Waals surface area contributed by atoms with Gasteiger partial charge in [0.2, 0.25) is 0 Å². The van der Waals surface area contributed by atoms with E-state index in [0.29, 0.717) is 24.1 Å². The fourth-order valence-electron chi connectivity index (χ4n) is 3.88. The highest BCUT2D eigenvalue weighted by molar-refractivity contribution is 7.99. The molecule has 1 N–H and O–H groups in total. The summed E-state index contributed by atoms with van der Waals surface area (Å²) in [5, 5.41) is 13.6. The van der Waals surface area contributed by atoms with Crippen LogP contribution in [0.1, 0.15) is 67.3 Å². The molecule has 9 heteroatoms. The van der Waals surface area contributed by atoms with Crippen LogP contribution in [0.4, 0.5) is 17.6 Å². The smallest absolute Gasteiger partial charge is 0.416 e. The molecule has 220 valence electrons. The van der Waals surface area contributed by atoms with Crippen LogP contribution in [-0.4, -0.2) is 20.9 Å². The van der Waals surface area contributed by atoms with Crippen molar-refractivity contribution in [2.24, 2.45) is 0 Å². The Hall–Kier alpha value is -3.59. The third kappa shape index (κ3) is 10.1. The Balaban J connectivity index is 0.000000564. The number of carboxylic acids is 1. The van der Waals surface area contributed by atoms with Gasteiger partial charge in [0.05, 0.1) is 16.9 Å². The number of aliphatic carboxylic acids is 1. The highest BCUT2D eigenvalue weighted by Crippen LogP contribution is 2.37. The molecular formula is C32H36F4N2O2S. The van der Waals surface area contributed by atoms with E-state index in [2.05, 4.69) is 24.7 Å². The summed E-state index contributed by atoms with van der Waals surface area (Å²) in [7, 11) is 0. The summed E-state index contributed by atoms with van der Waals surface area (Å²) in [6, 6.07) is 11.0. The van der Waals surface area contributed by atoms with Crippen molar-refractivity contribution in [2.75, 3.05) is 0 Å². The summed E-state index contributed by atoms with van der Waals surface area (Å²) < 4.78 is 52.7. The highest BCUT2D eigenvalue weighted by atomic mass is 32.2. The van der Waals surface area contributed by atoms with Crippen LogP contribution in [0.25, 0.3) is 5.69 Å². The van der Waals surface area contributed by atoms with Crippen molar-refractivity contribution < 1.29 is 27.5 Å². The predicted octanol–water partition coefficient (Wildman–Crippen LogP) is 9.62. The van der Waals surface area contributed by atoms with Crippen molar-refractivity contribution in [2.45, 2.75) is 70.2 Å². The van der Waals surface area contributed by atoms with E-state index in [9.17, 15) is 22.4 Å². The van der Waals surface area contributed by atoms with Crippen molar-refractivity contribution in [3.05, 3.63) is 113 Å². The second-order valence-electron chi connectivity index (χ2n) is 9.34. The molecule has 1 heterocycles. The SMILES string of the molecule is C=C/C=C(F)\C(C)=C/C.CCc1nn(-c2ccc(C(F)(F)F)cc2)cc1C(C)Sc1ccc(CCC(=O)O)c(C)c1. The lowest BCUT2D eigenvalue weighted by Crippen LogP contribution is -2.05. The molecule has 0 bridgehead atoms. The number of benzene rings is 2. The minimum Gasteiger partial charge on any atom is -0.481 e. The molecular weight excluding hydrogens is 552 g/mol. The molecule has 0 aliphatic heterocycles. The van der Waals surface area contributed by atoms with Gasteiger partial charge in [-0.25, -0.2) is 9.07 Å². The number of halogens is 4. The first-order valence-corrected chi connectivity index (χ1v) is 14.0. The average Bonchev–Trinajstić information content (AvgIpc) is 3.37. The number of aryl methyl sites for hydroxylation is 3. The van der Waals surface area contributed by atoms with Gasteiger partial charge in [0.15, 0.2) is 0 Å². The van der Waals surface area contributed by atoms with Gasteiger partial charge in [0.25, 0.3) is 0 Å². The second kappa shape index (κ2) is 15.4. The van der Waals surface area contributed by atoms with E-state index in [-0.39, 0.29) is 17.5 Å². The lowest BCUT2D eigenvalue weighted by atomic mass is 10.0. The van der Waals surface area contributed by atoms with E-state index in [1.54, 1.807) is 36.4 Å². The number of carboxylic acid groups (broad SMARTS) is 1. The third-order valence-electron chi connectivity index (χ3n) is 6.36. The van der Waals surface area contributed by atoms with Crippen molar-refractivity contribution in [1.29, 1.82) is 0 Å². The molecule has 3 aromatic rings. The fraction of sp³-hybridized carbons (Fsp3) is 0.312. The first-order valence-electron chi connectivity index (χ1n) is 13.2. The Kier molecular flexibility index (Phi) is 12.6. The molecule has 0 aliphatic rings. The van der Waals surface area contributed by atoms with Crippen molar-refractivity contribution in [3.63, 3.8) is 0 Å². The van der Waals surface area contributed by atoms with E-state index in [1.165, 1.54) is 24.3 Å². The van der Waals surface area contributed by atoms with E-state index < -0.39 is 17.7 Å². The van der Waals surface area contributed by atoms with Crippen molar-refractivity contribution in [1.82, 2.24) is 9.78 Å². The number of hydrogen-bond acceptors (Lipinski definition) is 3. The number of allylic oxidation sites excluding steroid dienone is 5. The molecule has 0 aliphatic carbocycles. The molecule has 1 aromatic heterocycles. The lowest BCUT2D eigenvalue weighted by molar-refractivity contribution is -0.138. The summed E-state index contributed by atoms with van der Waals surface area (Å²) in [5.41, 5.74) is 4.55. The standard InChI is InChI=1S/C24H25F3N2O2S.C8H11F/c1-4-22-21(14-29(28-22)19-9-7-18(8-10-19)24(25,26)27)16(3)32-20-11-5-17(15(2)13-20)6-12-23(30)31;1-4-6-8(9)7(3)5-2/h5,7-11,13-14,16H,4,6,12H2,1-3H3,(H,30,31);4-6H,1H2,2-3H3/b;7-5-,8-6+. The molecule has 41 heavy (non-hydrogen) atoms. The van der Waals surface area contributed by atoms with Gasteiger partial charge >= 0.3 is 12.1 Å². The van der Waals surface area contributed by atoms with Gasteiger partial charge in [-0.3, -0.25) is 4.79 Å². The molecule has 0 amide bonds. The predicted molar refractivity (Wildman–Crippen MR) is 158 cm³/mol. The van der Waals surface area contributed by atoms with Crippen molar-refractivity contribution >= 4 is 17.7 Å². The Morgan fingerprint density at radius 2 is 1.85 bits per heavy atom. The van der Waals surface area contributed by atoms with E-state index in [0.717, 1.165) is 39.4 Å². The topological polar surface area (TPSA) is 55.1 Å². The number of rotatable bonds is 10. The van der Waals surface area contributed by atoms with Crippen LogP contribution in [0.2, 0.25) is 0 Å². The number of carbonyl (C=O) groups is 1. The van der Waals surface area contributed by atoms with Crippen LogP contribution in [0.15, 0.2) is 89.8 Å². The molecule has 0 radical (unpaired) electrons. The quantitative estimate of drug-likeness (QED) is 0.146. The Morgan fingerprint density at radius 1 is 1.20 bits per heavy atom. The minimum absolute atomic E-state index is 0.0809. The minimum atomic E-state index is -4.37. The summed E-state index contributed by atoms with van der Waals surface area (Å²) in [4.78, 5) is 11.9. The van der Waals surface area contributed by atoms with Crippen LogP contribution < -0.4 is 0 Å². The fourth-order valence-corrected chi connectivity index (χ4v) is 5.00. The van der Waals surface area contributed by atoms with Crippen LogP contribution in [0, 0.1) is 6.92 Å². The van der Waals surface area contributed by atoms with Gasteiger partial charge in [-0.15, -0.1) is 11.8 Å². The molecule has 1 atom stereocenters.